The fourth-order valence-corrected chi connectivity index (χ4v) is 4.40. The molecule has 2 nitrogen and oxygen atoms in total. The highest BCUT2D eigenvalue weighted by Crippen LogP contribution is 2.39. The highest BCUT2D eigenvalue weighted by atomic mass is 19.1. The molecule has 2 heterocycles. The van der Waals surface area contributed by atoms with E-state index in [1.807, 2.05) is 30.5 Å². The number of halogens is 1. The predicted octanol–water partition coefficient (Wildman–Crippen LogP) is 7.84. The molecule has 0 N–H and O–H groups in total. The van der Waals surface area contributed by atoms with E-state index in [0.29, 0.717) is 0 Å². The molecular formula is C27H24FNO. The van der Waals surface area contributed by atoms with Crippen molar-refractivity contribution >= 4 is 32.7 Å². The van der Waals surface area contributed by atoms with Gasteiger partial charge in [0.2, 0.25) is 0 Å². The summed E-state index contributed by atoms with van der Waals surface area (Å²) in [6, 6.07) is 17.5. The first kappa shape index (κ1) is 18.8. The summed E-state index contributed by atoms with van der Waals surface area (Å²) in [6.45, 7) is 8.58. The molecule has 0 spiro atoms. The first-order valence-corrected chi connectivity index (χ1v) is 10.3. The third kappa shape index (κ3) is 3.15. The van der Waals surface area contributed by atoms with Crippen LogP contribution in [0.25, 0.3) is 44.0 Å². The lowest BCUT2D eigenvalue weighted by Crippen LogP contribution is -2.10. The molecule has 0 radical (unpaired) electrons. The maximum absolute atomic E-state index is 14.7. The molecule has 0 bridgehead atoms. The van der Waals surface area contributed by atoms with Crippen LogP contribution >= 0.6 is 0 Å². The molecular weight excluding hydrogens is 373 g/mol. The largest absolute Gasteiger partial charge is 0.455 e. The lowest BCUT2D eigenvalue weighted by atomic mass is 9.85. The number of nitrogens with zero attached hydrogens (tertiary/aromatic N) is 1. The Bertz CT molecular complexity index is 1420. The van der Waals surface area contributed by atoms with Crippen LogP contribution in [0.5, 0.6) is 0 Å². The Balaban J connectivity index is 1.85. The highest BCUT2D eigenvalue weighted by Gasteiger charge is 2.19. The number of aryl methyl sites for hydroxylation is 1. The number of fused-ring (bicyclic) bond motifs is 4. The number of benzene rings is 3. The van der Waals surface area contributed by atoms with Gasteiger partial charge in [-0.3, -0.25) is 4.98 Å². The van der Waals surface area contributed by atoms with Crippen molar-refractivity contribution in [3.05, 3.63) is 77.7 Å². The SMILES string of the molecule is Cc1cc(-c2nccc3c(CC(C)(C)C)cc(F)cc23)c2oc3ccccc3c2c1. The lowest BCUT2D eigenvalue weighted by Gasteiger charge is -2.20. The maximum atomic E-state index is 14.7. The molecule has 5 rings (SSSR count). The predicted molar refractivity (Wildman–Crippen MR) is 122 cm³/mol. The number of rotatable bonds is 2. The summed E-state index contributed by atoms with van der Waals surface area (Å²) in [5.74, 6) is -0.232. The first-order valence-electron chi connectivity index (χ1n) is 10.3. The molecule has 0 amide bonds. The highest BCUT2D eigenvalue weighted by molar-refractivity contribution is 6.12. The number of pyridine rings is 1. The third-order valence-corrected chi connectivity index (χ3v) is 5.53. The van der Waals surface area contributed by atoms with E-state index in [9.17, 15) is 4.39 Å². The molecule has 0 atom stereocenters. The van der Waals surface area contributed by atoms with Crippen LogP contribution < -0.4 is 0 Å². The van der Waals surface area contributed by atoms with Crippen molar-refractivity contribution in [2.24, 2.45) is 5.41 Å². The second-order valence-electron chi connectivity index (χ2n) is 9.34. The zero-order valence-corrected chi connectivity index (χ0v) is 17.7. The number of hydrogen-bond donors (Lipinski definition) is 0. The Morgan fingerprint density at radius 3 is 2.50 bits per heavy atom. The lowest BCUT2D eigenvalue weighted by molar-refractivity contribution is 0.412. The summed E-state index contributed by atoms with van der Waals surface area (Å²) in [6.07, 6.45) is 2.61. The molecule has 0 unspecified atom stereocenters. The van der Waals surface area contributed by atoms with Crippen LogP contribution in [-0.4, -0.2) is 4.98 Å². The van der Waals surface area contributed by atoms with Crippen LogP contribution in [0, 0.1) is 18.2 Å². The molecule has 0 saturated heterocycles. The Kier molecular flexibility index (Phi) is 4.18. The van der Waals surface area contributed by atoms with E-state index >= 15 is 0 Å². The molecule has 3 heteroatoms. The number of para-hydroxylation sites is 1. The summed E-state index contributed by atoms with van der Waals surface area (Å²) in [4.78, 5) is 4.69. The van der Waals surface area contributed by atoms with E-state index < -0.39 is 0 Å². The second kappa shape index (κ2) is 6.66. The van der Waals surface area contributed by atoms with Crippen molar-refractivity contribution in [3.8, 4) is 11.3 Å². The van der Waals surface area contributed by atoms with Gasteiger partial charge in [-0.25, -0.2) is 4.39 Å². The van der Waals surface area contributed by atoms with Crippen LogP contribution in [0.2, 0.25) is 0 Å². The van der Waals surface area contributed by atoms with Crippen LogP contribution in [0.4, 0.5) is 4.39 Å². The molecule has 0 aliphatic rings. The zero-order valence-electron chi connectivity index (χ0n) is 17.7. The number of hydrogen-bond acceptors (Lipinski definition) is 2. The molecule has 0 saturated carbocycles. The molecule has 3 aromatic carbocycles. The van der Waals surface area contributed by atoms with Crippen molar-refractivity contribution in [1.29, 1.82) is 0 Å². The number of aromatic nitrogens is 1. The van der Waals surface area contributed by atoms with Gasteiger partial charge in [0, 0.05) is 27.9 Å². The van der Waals surface area contributed by atoms with Crippen LogP contribution in [0.3, 0.4) is 0 Å². The Morgan fingerprint density at radius 2 is 1.70 bits per heavy atom. The topological polar surface area (TPSA) is 26.0 Å². The minimum absolute atomic E-state index is 0.0551. The molecule has 0 fully saturated rings. The standard InChI is InChI=1S/C27H24FNO/c1-16-11-22-20-7-5-6-8-24(20)30-26(22)23(12-16)25-21-14-18(28)13-17(15-27(2,3)4)19(21)9-10-29-25/h5-14H,15H2,1-4H3. The average Bonchev–Trinajstić information content (AvgIpc) is 3.04. The van der Waals surface area contributed by atoms with Gasteiger partial charge in [0.05, 0.1) is 5.69 Å². The summed E-state index contributed by atoms with van der Waals surface area (Å²) < 4.78 is 20.9. The summed E-state index contributed by atoms with van der Waals surface area (Å²) in [5, 5.41) is 4.01. The van der Waals surface area contributed by atoms with Gasteiger partial charge in [0.25, 0.3) is 0 Å². The van der Waals surface area contributed by atoms with Crippen LogP contribution in [-0.2, 0) is 6.42 Å². The third-order valence-electron chi connectivity index (χ3n) is 5.53. The Hall–Kier alpha value is -3.20. The van der Waals surface area contributed by atoms with Gasteiger partial charge in [-0.15, -0.1) is 0 Å². The van der Waals surface area contributed by atoms with Crippen molar-refractivity contribution in [2.75, 3.05) is 0 Å². The van der Waals surface area contributed by atoms with Gasteiger partial charge in [0.1, 0.15) is 17.0 Å². The first-order chi connectivity index (χ1) is 14.3. The molecule has 2 aromatic heterocycles. The monoisotopic (exact) mass is 397 g/mol. The van der Waals surface area contributed by atoms with Crippen molar-refractivity contribution in [1.82, 2.24) is 4.98 Å². The fourth-order valence-electron chi connectivity index (χ4n) is 4.40. The van der Waals surface area contributed by atoms with Gasteiger partial charge < -0.3 is 4.42 Å². The molecule has 30 heavy (non-hydrogen) atoms. The molecule has 0 aliphatic heterocycles. The smallest absolute Gasteiger partial charge is 0.144 e. The van der Waals surface area contributed by atoms with Gasteiger partial charge in [-0.1, -0.05) is 39.0 Å². The van der Waals surface area contributed by atoms with E-state index in [4.69, 9.17) is 9.40 Å². The zero-order chi connectivity index (χ0) is 21.0. The van der Waals surface area contributed by atoms with E-state index in [2.05, 4.69) is 45.9 Å². The minimum Gasteiger partial charge on any atom is -0.455 e. The van der Waals surface area contributed by atoms with Crippen molar-refractivity contribution in [3.63, 3.8) is 0 Å². The maximum Gasteiger partial charge on any atom is 0.144 e. The van der Waals surface area contributed by atoms with E-state index in [0.717, 1.165) is 61.5 Å². The summed E-state index contributed by atoms with van der Waals surface area (Å²) >= 11 is 0. The van der Waals surface area contributed by atoms with Gasteiger partial charge in [-0.05, 0) is 71.7 Å². The van der Waals surface area contributed by atoms with E-state index in [1.165, 1.54) is 0 Å². The number of furan rings is 1. The quantitative estimate of drug-likeness (QED) is 0.303. The summed E-state index contributed by atoms with van der Waals surface area (Å²) in [7, 11) is 0. The van der Waals surface area contributed by atoms with Crippen molar-refractivity contribution in [2.45, 2.75) is 34.1 Å². The summed E-state index contributed by atoms with van der Waals surface area (Å²) in [5.41, 5.74) is 5.49. The fraction of sp³-hybridized carbons (Fsp3) is 0.222. The Labute approximate surface area is 175 Å². The van der Waals surface area contributed by atoms with Gasteiger partial charge >= 0.3 is 0 Å². The van der Waals surface area contributed by atoms with E-state index in [-0.39, 0.29) is 11.2 Å². The minimum atomic E-state index is -0.232. The second-order valence-corrected chi connectivity index (χ2v) is 9.34. The molecule has 0 aliphatic carbocycles. The van der Waals surface area contributed by atoms with Gasteiger partial charge in [-0.2, -0.15) is 0 Å². The Morgan fingerprint density at radius 1 is 0.900 bits per heavy atom. The normalized spacial score (nSPS) is 12.3. The molecule has 150 valence electrons. The van der Waals surface area contributed by atoms with Gasteiger partial charge in [0.15, 0.2) is 0 Å². The molecule has 5 aromatic rings. The van der Waals surface area contributed by atoms with E-state index in [1.54, 1.807) is 12.1 Å². The van der Waals surface area contributed by atoms with Crippen LogP contribution in [0.15, 0.2) is 65.2 Å². The average molecular weight is 397 g/mol. The van der Waals surface area contributed by atoms with Crippen molar-refractivity contribution < 1.29 is 8.81 Å². The van der Waals surface area contributed by atoms with Crippen LogP contribution in [0.1, 0.15) is 31.9 Å².